The van der Waals surface area contributed by atoms with E-state index in [9.17, 15) is 4.39 Å². The Labute approximate surface area is 62.6 Å². The molecule has 0 aromatic carbocycles. The minimum absolute atomic E-state index is 0.487. The summed E-state index contributed by atoms with van der Waals surface area (Å²) < 4.78 is 12.4. The van der Waals surface area contributed by atoms with Gasteiger partial charge in [0.05, 0.1) is 11.9 Å². The van der Waals surface area contributed by atoms with Gasteiger partial charge in [-0.05, 0) is 6.26 Å². The minimum atomic E-state index is -0.487. The van der Waals surface area contributed by atoms with Gasteiger partial charge in [0.25, 0.3) is 0 Å². The summed E-state index contributed by atoms with van der Waals surface area (Å²) in [4.78, 5) is 4.11. The maximum atomic E-state index is 12.4. The molecule has 10 heavy (non-hydrogen) atoms. The molecule has 2 nitrogen and oxygen atoms in total. The molecule has 0 aliphatic rings. The second-order valence-electron chi connectivity index (χ2n) is 1.75. The van der Waals surface area contributed by atoms with Crippen molar-refractivity contribution in [2.75, 3.05) is 12.0 Å². The Morgan fingerprint density at radius 1 is 1.70 bits per heavy atom. The van der Waals surface area contributed by atoms with Crippen LogP contribution in [0.25, 0.3) is 0 Å². The largest absolute Gasteiger partial charge is 0.397 e. The van der Waals surface area contributed by atoms with Gasteiger partial charge in [0.2, 0.25) is 5.95 Å². The van der Waals surface area contributed by atoms with Crippen LogP contribution in [0.5, 0.6) is 0 Å². The Hall–Kier alpha value is -0.770. The number of hydrogen-bond donors (Lipinski definition) is 1. The van der Waals surface area contributed by atoms with Crippen LogP contribution in [0.15, 0.2) is 17.2 Å². The molecule has 0 spiro atoms. The van der Waals surface area contributed by atoms with E-state index < -0.39 is 5.95 Å². The fourth-order valence-corrected chi connectivity index (χ4v) is 1.10. The van der Waals surface area contributed by atoms with Gasteiger partial charge in [-0.3, -0.25) is 0 Å². The molecule has 0 amide bonds. The van der Waals surface area contributed by atoms with Crippen molar-refractivity contribution < 1.29 is 4.39 Å². The Bertz CT molecular complexity index is 239. The van der Waals surface area contributed by atoms with Crippen LogP contribution in [0, 0.1) is 5.95 Å². The molecule has 1 rings (SSSR count). The molecule has 1 aromatic heterocycles. The number of nitrogen functional groups attached to an aromatic ring is 1. The van der Waals surface area contributed by atoms with Gasteiger partial charge in [-0.1, -0.05) is 0 Å². The van der Waals surface area contributed by atoms with Crippen molar-refractivity contribution in [3.8, 4) is 0 Å². The van der Waals surface area contributed by atoms with Crippen LogP contribution < -0.4 is 5.73 Å². The summed E-state index contributed by atoms with van der Waals surface area (Å²) in [5.41, 5.74) is 5.97. The lowest BCUT2D eigenvalue weighted by atomic mass is 10.4. The zero-order valence-electron chi connectivity index (χ0n) is 5.47. The number of thioether (sulfide) groups is 1. The van der Waals surface area contributed by atoms with Gasteiger partial charge in [-0.15, -0.1) is 11.8 Å². The summed E-state index contributed by atoms with van der Waals surface area (Å²) in [6.45, 7) is 0. The van der Waals surface area contributed by atoms with Crippen molar-refractivity contribution in [3.63, 3.8) is 0 Å². The molecule has 0 aliphatic heterocycles. The summed E-state index contributed by atoms with van der Waals surface area (Å²) in [6.07, 6.45) is 3.16. The van der Waals surface area contributed by atoms with Gasteiger partial charge >= 0.3 is 0 Å². The number of anilines is 1. The smallest absolute Gasteiger partial charge is 0.214 e. The summed E-state index contributed by atoms with van der Waals surface area (Å²) >= 11 is 1.40. The highest BCUT2D eigenvalue weighted by molar-refractivity contribution is 7.98. The van der Waals surface area contributed by atoms with Crippen LogP contribution in [0.1, 0.15) is 0 Å². The van der Waals surface area contributed by atoms with Crippen LogP contribution in [0.4, 0.5) is 10.1 Å². The number of rotatable bonds is 1. The maximum Gasteiger partial charge on any atom is 0.214 e. The molecular formula is C6H7FN2S. The first-order valence-corrected chi connectivity index (χ1v) is 3.91. The summed E-state index contributed by atoms with van der Waals surface area (Å²) in [5, 5.41) is 0. The predicted octanol–water partition coefficient (Wildman–Crippen LogP) is 1.52. The van der Waals surface area contributed by atoms with E-state index in [1.807, 2.05) is 6.26 Å². The van der Waals surface area contributed by atoms with E-state index in [1.165, 1.54) is 24.0 Å². The molecular weight excluding hydrogens is 151 g/mol. The Balaban J connectivity index is 3.09. The molecule has 0 radical (unpaired) electrons. The third kappa shape index (κ3) is 1.39. The van der Waals surface area contributed by atoms with Crippen LogP contribution in [0.3, 0.4) is 0 Å². The highest BCUT2D eigenvalue weighted by Gasteiger charge is 1.98. The highest BCUT2D eigenvalue weighted by Crippen LogP contribution is 2.21. The van der Waals surface area contributed by atoms with Gasteiger partial charge in [-0.25, -0.2) is 4.98 Å². The van der Waals surface area contributed by atoms with E-state index in [4.69, 9.17) is 5.73 Å². The van der Waals surface area contributed by atoms with E-state index in [-0.39, 0.29) is 0 Å². The van der Waals surface area contributed by atoms with Crippen molar-refractivity contribution in [2.45, 2.75) is 4.90 Å². The van der Waals surface area contributed by atoms with Crippen LogP contribution >= 0.6 is 11.8 Å². The molecule has 54 valence electrons. The Kier molecular flexibility index (Phi) is 2.11. The van der Waals surface area contributed by atoms with Crippen molar-refractivity contribution in [1.29, 1.82) is 0 Å². The number of aromatic nitrogens is 1. The standard InChI is InChI=1S/C6H7FN2S/c1-10-5-2-6(7)9-3-4(5)8/h2-3H,8H2,1H3. The number of nitrogens with zero attached hydrogens (tertiary/aromatic N) is 1. The predicted molar refractivity (Wildman–Crippen MR) is 40.4 cm³/mol. The second-order valence-corrected chi connectivity index (χ2v) is 2.60. The molecule has 0 saturated carbocycles. The minimum Gasteiger partial charge on any atom is -0.397 e. The molecule has 0 saturated heterocycles. The normalized spacial score (nSPS) is 9.80. The van der Waals surface area contributed by atoms with Crippen molar-refractivity contribution in [3.05, 3.63) is 18.2 Å². The molecule has 0 unspecified atom stereocenters. The highest BCUT2D eigenvalue weighted by atomic mass is 32.2. The van der Waals surface area contributed by atoms with Crippen LogP contribution in [-0.4, -0.2) is 11.2 Å². The summed E-state index contributed by atoms with van der Waals surface area (Å²) in [7, 11) is 0. The molecule has 0 atom stereocenters. The molecule has 0 aliphatic carbocycles. The zero-order valence-corrected chi connectivity index (χ0v) is 6.28. The molecule has 1 aromatic rings. The lowest BCUT2D eigenvalue weighted by Gasteiger charge is -1.98. The quantitative estimate of drug-likeness (QED) is 0.497. The Morgan fingerprint density at radius 2 is 2.40 bits per heavy atom. The van der Waals surface area contributed by atoms with E-state index in [0.29, 0.717) is 5.69 Å². The molecule has 4 heteroatoms. The van der Waals surface area contributed by atoms with Gasteiger partial charge in [0.1, 0.15) is 0 Å². The van der Waals surface area contributed by atoms with E-state index in [2.05, 4.69) is 4.98 Å². The maximum absolute atomic E-state index is 12.4. The molecule has 0 bridgehead atoms. The zero-order chi connectivity index (χ0) is 7.56. The lowest BCUT2D eigenvalue weighted by molar-refractivity contribution is 0.580. The third-order valence-corrected chi connectivity index (χ3v) is 1.87. The second kappa shape index (κ2) is 2.88. The summed E-state index contributed by atoms with van der Waals surface area (Å²) in [6, 6.07) is 1.32. The van der Waals surface area contributed by atoms with Gasteiger partial charge in [0, 0.05) is 11.0 Å². The lowest BCUT2D eigenvalue weighted by Crippen LogP contribution is -1.91. The van der Waals surface area contributed by atoms with Gasteiger partial charge < -0.3 is 5.73 Å². The first-order chi connectivity index (χ1) is 4.74. The Morgan fingerprint density at radius 3 is 2.90 bits per heavy atom. The van der Waals surface area contributed by atoms with E-state index in [1.54, 1.807) is 0 Å². The number of halogens is 1. The van der Waals surface area contributed by atoms with Gasteiger partial charge in [-0.2, -0.15) is 4.39 Å². The number of nitrogens with two attached hydrogens (primary N) is 1. The van der Waals surface area contributed by atoms with Crippen molar-refractivity contribution in [2.24, 2.45) is 0 Å². The molecule has 1 heterocycles. The van der Waals surface area contributed by atoms with Crippen LogP contribution in [0.2, 0.25) is 0 Å². The topological polar surface area (TPSA) is 38.9 Å². The fraction of sp³-hybridized carbons (Fsp3) is 0.167. The van der Waals surface area contributed by atoms with E-state index in [0.717, 1.165) is 4.90 Å². The first-order valence-electron chi connectivity index (χ1n) is 2.69. The monoisotopic (exact) mass is 158 g/mol. The van der Waals surface area contributed by atoms with Crippen LogP contribution in [-0.2, 0) is 0 Å². The molecule has 2 N–H and O–H groups in total. The molecule has 0 fully saturated rings. The fourth-order valence-electron chi connectivity index (χ4n) is 0.600. The van der Waals surface area contributed by atoms with Gasteiger partial charge in [0.15, 0.2) is 0 Å². The van der Waals surface area contributed by atoms with Crippen molar-refractivity contribution >= 4 is 17.4 Å². The SMILES string of the molecule is CSc1cc(F)ncc1N. The number of pyridine rings is 1. The summed E-state index contributed by atoms with van der Waals surface area (Å²) in [5.74, 6) is -0.487. The first kappa shape index (κ1) is 7.34. The average Bonchev–Trinajstić information content (AvgIpc) is 1.94. The van der Waals surface area contributed by atoms with Crippen molar-refractivity contribution in [1.82, 2.24) is 4.98 Å². The third-order valence-electron chi connectivity index (χ3n) is 1.08. The number of hydrogen-bond acceptors (Lipinski definition) is 3. The average molecular weight is 158 g/mol. The van der Waals surface area contributed by atoms with E-state index >= 15 is 0 Å².